The number of nitrogens with one attached hydrogen (secondary N) is 1. The Hall–Kier alpha value is -3.27. The van der Waals surface area contributed by atoms with Crippen LogP contribution >= 0.6 is 0 Å². The van der Waals surface area contributed by atoms with Gasteiger partial charge in [0.1, 0.15) is 25.8 Å². The van der Waals surface area contributed by atoms with Crippen LogP contribution in [0.5, 0.6) is 11.5 Å². The van der Waals surface area contributed by atoms with Gasteiger partial charge in [0.25, 0.3) is 0 Å². The molecule has 9 nitrogen and oxygen atoms in total. The summed E-state index contributed by atoms with van der Waals surface area (Å²) in [4.78, 5) is 27.0. The highest BCUT2D eigenvalue weighted by atomic mass is 32.2. The van der Waals surface area contributed by atoms with Crippen molar-refractivity contribution in [2.75, 3.05) is 37.4 Å². The second-order valence-electron chi connectivity index (χ2n) is 7.40. The summed E-state index contributed by atoms with van der Waals surface area (Å²) in [5.74, 6) is 0.0678. The van der Waals surface area contributed by atoms with Gasteiger partial charge >= 0.3 is 0 Å². The number of hydrogen-bond acceptors (Lipinski definition) is 6. The summed E-state index contributed by atoms with van der Waals surface area (Å²) in [6, 6.07) is 13.1. The van der Waals surface area contributed by atoms with Crippen LogP contribution in [0.4, 0.5) is 5.69 Å². The van der Waals surface area contributed by atoms with Crippen LogP contribution in [0.3, 0.4) is 0 Å². The van der Waals surface area contributed by atoms with Gasteiger partial charge in [-0.05, 0) is 24.6 Å². The molecule has 3 rings (SSSR count). The first-order valence-corrected chi connectivity index (χ1v) is 12.0. The Morgan fingerprint density at radius 2 is 1.72 bits per heavy atom. The van der Waals surface area contributed by atoms with E-state index in [2.05, 4.69) is 5.32 Å². The Bertz CT molecular complexity index is 1070. The molecule has 1 unspecified atom stereocenters. The number of nitrogens with zero attached hydrogens (tertiary/aromatic N) is 2. The van der Waals surface area contributed by atoms with Crippen LogP contribution in [-0.4, -0.2) is 64.2 Å². The number of fused-ring (bicyclic) bond motifs is 1. The lowest BCUT2D eigenvalue weighted by molar-refractivity contribution is -0.139. The highest BCUT2D eigenvalue weighted by molar-refractivity contribution is 7.92. The molecule has 0 spiro atoms. The van der Waals surface area contributed by atoms with E-state index < -0.39 is 28.5 Å². The zero-order valence-corrected chi connectivity index (χ0v) is 19.1. The number of hydrogen-bond donors (Lipinski definition) is 1. The van der Waals surface area contributed by atoms with Gasteiger partial charge in [-0.1, -0.05) is 30.3 Å². The Morgan fingerprint density at radius 3 is 2.34 bits per heavy atom. The number of amides is 2. The van der Waals surface area contributed by atoms with Crippen molar-refractivity contribution in [2.24, 2.45) is 0 Å². The molecule has 0 saturated heterocycles. The molecule has 1 heterocycles. The zero-order chi connectivity index (χ0) is 23.3. The summed E-state index contributed by atoms with van der Waals surface area (Å²) in [6.45, 7) is 2.06. The van der Waals surface area contributed by atoms with E-state index >= 15 is 0 Å². The molecule has 2 aromatic carbocycles. The summed E-state index contributed by atoms with van der Waals surface area (Å²) in [5, 5.41) is 2.54. The minimum Gasteiger partial charge on any atom is -0.486 e. The lowest BCUT2D eigenvalue weighted by atomic mass is 10.1. The fourth-order valence-electron chi connectivity index (χ4n) is 3.37. The van der Waals surface area contributed by atoms with Gasteiger partial charge in [0.15, 0.2) is 11.5 Å². The third kappa shape index (κ3) is 5.50. The molecule has 1 aliphatic heterocycles. The molecule has 1 atom stereocenters. The van der Waals surface area contributed by atoms with Crippen molar-refractivity contribution < 1.29 is 27.5 Å². The Morgan fingerprint density at radius 1 is 1.06 bits per heavy atom. The number of benzene rings is 2. The highest BCUT2D eigenvalue weighted by Gasteiger charge is 2.30. The van der Waals surface area contributed by atoms with Gasteiger partial charge in [0.2, 0.25) is 21.8 Å². The fourth-order valence-corrected chi connectivity index (χ4v) is 4.21. The molecular weight excluding hydrogens is 434 g/mol. The van der Waals surface area contributed by atoms with E-state index in [0.29, 0.717) is 24.7 Å². The molecule has 0 fully saturated rings. The number of anilines is 1. The van der Waals surface area contributed by atoms with E-state index in [1.165, 1.54) is 18.0 Å². The largest absolute Gasteiger partial charge is 0.486 e. The fraction of sp³-hybridized carbons (Fsp3) is 0.364. The number of carbonyl (C=O) groups excluding carboxylic acids is 2. The van der Waals surface area contributed by atoms with Gasteiger partial charge in [-0.25, -0.2) is 8.42 Å². The molecule has 0 saturated carbocycles. The number of likely N-dealkylation sites (N-methyl/N-ethyl adjacent to an activating group) is 1. The smallest absolute Gasteiger partial charge is 0.244 e. The molecule has 1 N–H and O–H groups in total. The van der Waals surface area contributed by atoms with E-state index in [-0.39, 0.29) is 18.1 Å². The summed E-state index contributed by atoms with van der Waals surface area (Å²) in [6.07, 6.45) is 1.03. The van der Waals surface area contributed by atoms with Gasteiger partial charge in [-0.3, -0.25) is 13.9 Å². The van der Waals surface area contributed by atoms with Gasteiger partial charge in [-0.15, -0.1) is 0 Å². The maximum atomic E-state index is 13.3. The average Bonchev–Trinajstić information content (AvgIpc) is 2.79. The normalized spacial score (nSPS) is 13.7. The Kier molecular flexibility index (Phi) is 7.24. The number of rotatable bonds is 8. The van der Waals surface area contributed by atoms with Gasteiger partial charge in [-0.2, -0.15) is 0 Å². The quantitative estimate of drug-likeness (QED) is 0.637. The Labute approximate surface area is 188 Å². The van der Waals surface area contributed by atoms with Gasteiger partial charge in [0, 0.05) is 19.7 Å². The van der Waals surface area contributed by atoms with E-state index in [1.807, 2.05) is 30.3 Å². The van der Waals surface area contributed by atoms with Gasteiger partial charge < -0.3 is 19.7 Å². The number of carbonyl (C=O) groups is 2. The first kappa shape index (κ1) is 23.4. The second kappa shape index (κ2) is 9.90. The lowest BCUT2D eigenvalue weighted by Crippen LogP contribution is -2.50. The molecule has 0 aromatic heterocycles. The maximum absolute atomic E-state index is 13.3. The first-order chi connectivity index (χ1) is 15.2. The molecule has 0 radical (unpaired) electrons. The van der Waals surface area contributed by atoms with Crippen molar-refractivity contribution in [3.63, 3.8) is 0 Å². The van der Waals surface area contributed by atoms with E-state index in [9.17, 15) is 18.0 Å². The molecule has 10 heteroatoms. The predicted molar refractivity (Wildman–Crippen MR) is 120 cm³/mol. The molecule has 32 heavy (non-hydrogen) atoms. The van der Waals surface area contributed by atoms with Crippen molar-refractivity contribution in [2.45, 2.75) is 19.5 Å². The third-order valence-corrected chi connectivity index (χ3v) is 6.24. The second-order valence-corrected chi connectivity index (χ2v) is 9.30. The summed E-state index contributed by atoms with van der Waals surface area (Å²) >= 11 is 0. The topological polar surface area (TPSA) is 105 Å². The molecule has 1 aliphatic rings. The monoisotopic (exact) mass is 461 g/mol. The molecule has 0 aliphatic carbocycles. The van der Waals surface area contributed by atoms with E-state index in [1.54, 1.807) is 19.1 Å². The van der Waals surface area contributed by atoms with Crippen LogP contribution in [0, 0.1) is 0 Å². The zero-order valence-electron chi connectivity index (χ0n) is 18.3. The van der Waals surface area contributed by atoms with Crippen LogP contribution in [0.25, 0.3) is 0 Å². The maximum Gasteiger partial charge on any atom is 0.244 e. The highest BCUT2D eigenvalue weighted by Crippen LogP contribution is 2.34. The van der Waals surface area contributed by atoms with Crippen LogP contribution < -0.4 is 19.1 Å². The average molecular weight is 462 g/mol. The minimum absolute atomic E-state index is 0.160. The van der Waals surface area contributed by atoms with Crippen LogP contribution in [0.2, 0.25) is 0 Å². The SMILES string of the molecule is CNC(=O)C(C)N(Cc1ccccc1)C(=O)CN(c1ccc2c(c1)OCCO2)S(C)(=O)=O. The van der Waals surface area contributed by atoms with E-state index in [4.69, 9.17) is 9.47 Å². The lowest BCUT2D eigenvalue weighted by Gasteiger charge is -2.31. The predicted octanol–water partition coefficient (Wildman–Crippen LogP) is 1.39. The Balaban J connectivity index is 1.90. The number of sulfonamides is 1. The van der Waals surface area contributed by atoms with Crippen molar-refractivity contribution >= 4 is 27.5 Å². The van der Waals surface area contributed by atoms with Crippen LogP contribution in [-0.2, 0) is 26.2 Å². The molecular formula is C22H27N3O6S. The van der Waals surface area contributed by atoms with Crippen molar-refractivity contribution in [1.82, 2.24) is 10.2 Å². The summed E-state index contributed by atoms with van der Waals surface area (Å²) in [7, 11) is -2.32. The molecule has 2 aromatic rings. The summed E-state index contributed by atoms with van der Waals surface area (Å²) < 4.78 is 37.2. The molecule has 2 amide bonds. The van der Waals surface area contributed by atoms with Crippen LogP contribution in [0.15, 0.2) is 48.5 Å². The molecule has 0 bridgehead atoms. The number of ether oxygens (including phenoxy) is 2. The van der Waals surface area contributed by atoms with E-state index in [0.717, 1.165) is 16.1 Å². The summed E-state index contributed by atoms with van der Waals surface area (Å²) in [5.41, 5.74) is 1.10. The van der Waals surface area contributed by atoms with Crippen LogP contribution in [0.1, 0.15) is 12.5 Å². The van der Waals surface area contributed by atoms with Crippen molar-refractivity contribution in [1.29, 1.82) is 0 Å². The van der Waals surface area contributed by atoms with Crippen molar-refractivity contribution in [3.8, 4) is 11.5 Å². The minimum atomic E-state index is -3.81. The standard InChI is InChI=1S/C22H27N3O6S/c1-16(22(27)23-2)24(14-17-7-5-4-6-8-17)21(26)15-25(32(3,28)29)18-9-10-19-20(13-18)31-12-11-30-19/h4-10,13,16H,11-12,14-15H2,1-3H3,(H,23,27). The third-order valence-electron chi connectivity index (χ3n) is 5.10. The first-order valence-electron chi connectivity index (χ1n) is 10.1. The van der Waals surface area contributed by atoms with Crippen molar-refractivity contribution in [3.05, 3.63) is 54.1 Å². The molecule has 172 valence electrons. The van der Waals surface area contributed by atoms with Gasteiger partial charge in [0.05, 0.1) is 11.9 Å².